The van der Waals surface area contributed by atoms with E-state index in [-0.39, 0.29) is 11.3 Å². The number of benzene rings is 2. The summed E-state index contributed by atoms with van der Waals surface area (Å²) in [5.41, 5.74) is 5.25. The molecule has 3 nitrogen and oxygen atoms in total. The van der Waals surface area contributed by atoms with Crippen molar-refractivity contribution in [3.05, 3.63) is 58.9 Å². The summed E-state index contributed by atoms with van der Waals surface area (Å²) in [6, 6.07) is 6.39. The Kier molecular flexibility index (Phi) is 3.52. The van der Waals surface area contributed by atoms with Crippen LogP contribution in [0, 0.1) is 17.5 Å². The molecule has 0 heterocycles. The maximum Gasteiger partial charge on any atom is 0.250 e. The molecule has 0 spiro atoms. The molecule has 1 fully saturated rings. The second-order valence-electron chi connectivity index (χ2n) is 5.29. The maximum atomic E-state index is 14.1. The van der Waals surface area contributed by atoms with Crippen LogP contribution in [0.1, 0.15) is 34.7 Å². The standard InChI is InChI=1S/C16H13F3N2O/c17-11-5-4-10(16(20)22)15(14(11)19)21-13-6-3-9(7-12(13)18)8-1-2-8/h3-8,21H,1-2H2,(H2,20,22). The van der Waals surface area contributed by atoms with Gasteiger partial charge in [-0.05, 0) is 48.6 Å². The molecule has 0 aromatic heterocycles. The molecule has 0 aliphatic heterocycles. The number of rotatable bonds is 4. The minimum Gasteiger partial charge on any atom is -0.366 e. The highest BCUT2D eigenvalue weighted by molar-refractivity contribution is 5.99. The number of amides is 1. The number of carbonyl (C=O) groups is 1. The summed E-state index contributed by atoms with van der Waals surface area (Å²) in [5.74, 6) is -3.58. The van der Waals surface area contributed by atoms with Crippen molar-refractivity contribution in [2.45, 2.75) is 18.8 Å². The lowest BCUT2D eigenvalue weighted by atomic mass is 10.1. The first-order chi connectivity index (χ1) is 10.5. The highest BCUT2D eigenvalue weighted by atomic mass is 19.2. The van der Waals surface area contributed by atoms with Crippen molar-refractivity contribution < 1.29 is 18.0 Å². The summed E-state index contributed by atoms with van der Waals surface area (Å²) in [6.07, 6.45) is 2.05. The van der Waals surface area contributed by atoms with E-state index < -0.39 is 29.0 Å². The maximum absolute atomic E-state index is 14.1. The van der Waals surface area contributed by atoms with Crippen LogP contribution in [0.5, 0.6) is 0 Å². The van der Waals surface area contributed by atoms with E-state index in [2.05, 4.69) is 5.32 Å². The van der Waals surface area contributed by atoms with E-state index in [0.717, 1.165) is 30.5 Å². The Morgan fingerprint density at radius 2 is 1.82 bits per heavy atom. The first kappa shape index (κ1) is 14.4. The Morgan fingerprint density at radius 3 is 2.41 bits per heavy atom. The Bertz CT molecular complexity index is 757. The van der Waals surface area contributed by atoms with Gasteiger partial charge in [0, 0.05) is 0 Å². The summed E-state index contributed by atoms with van der Waals surface area (Å²) in [7, 11) is 0. The van der Waals surface area contributed by atoms with Gasteiger partial charge in [0.25, 0.3) is 5.91 Å². The third kappa shape index (κ3) is 2.64. The highest BCUT2D eigenvalue weighted by Gasteiger charge is 2.24. The second-order valence-corrected chi connectivity index (χ2v) is 5.29. The average Bonchev–Trinajstić information content (AvgIpc) is 3.30. The zero-order chi connectivity index (χ0) is 15.9. The van der Waals surface area contributed by atoms with Gasteiger partial charge in [0.2, 0.25) is 0 Å². The minimum absolute atomic E-state index is 0.0450. The predicted octanol–water partition coefficient (Wildman–Crippen LogP) is 3.82. The first-order valence-corrected chi connectivity index (χ1v) is 6.81. The number of anilines is 2. The van der Waals surface area contributed by atoms with E-state index in [0.29, 0.717) is 5.92 Å². The summed E-state index contributed by atoms with van der Waals surface area (Å²) in [4.78, 5) is 11.3. The van der Waals surface area contributed by atoms with Crippen LogP contribution in [-0.4, -0.2) is 5.91 Å². The van der Waals surface area contributed by atoms with Gasteiger partial charge < -0.3 is 11.1 Å². The predicted molar refractivity (Wildman–Crippen MR) is 76.5 cm³/mol. The van der Waals surface area contributed by atoms with E-state index in [1.54, 1.807) is 6.07 Å². The normalized spacial score (nSPS) is 14.0. The van der Waals surface area contributed by atoms with Gasteiger partial charge in [-0.15, -0.1) is 0 Å². The van der Waals surface area contributed by atoms with Crippen LogP contribution in [0.15, 0.2) is 30.3 Å². The molecule has 0 saturated heterocycles. The fourth-order valence-corrected chi connectivity index (χ4v) is 2.32. The van der Waals surface area contributed by atoms with Crippen LogP contribution in [0.25, 0.3) is 0 Å². The van der Waals surface area contributed by atoms with E-state index in [4.69, 9.17) is 5.73 Å². The molecule has 6 heteroatoms. The van der Waals surface area contributed by atoms with Gasteiger partial charge in [-0.25, -0.2) is 13.2 Å². The molecule has 0 bridgehead atoms. The van der Waals surface area contributed by atoms with Crippen LogP contribution in [-0.2, 0) is 0 Å². The van der Waals surface area contributed by atoms with Crippen molar-refractivity contribution in [1.82, 2.24) is 0 Å². The molecule has 3 N–H and O–H groups in total. The van der Waals surface area contributed by atoms with Crippen LogP contribution >= 0.6 is 0 Å². The molecule has 2 aromatic rings. The molecule has 3 rings (SSSR count). The SMILES string of the molecule is NC(=O)c1ccc(F)c(F)c1Nc1ccc(C2CC2)cc1F. The quantitative estimate of drug-likeness (QED) is 0.902. The Morgan fingerprint density at radius 1 is 1.09 bits per heavy atom. The van der Waals surface area contributed by atoms with E-state index >= 15 is 0 Å². The van der Waals surface area contributed by atoms with Crippen molar-refractivity contribution in [3.8, 4) is 0 Å². The molecule has 1 aliphatic carbocycles. The van der Waals surface area contributed by atoms with E-state index in [1.807, 2.05) is 0 Å². The number of hydrogen-bond donors (Lipinski definition) is 2. The smallest absolute Gasteiger partial charge is 0.250 e. The monoisotopic (exact) mass is 306 g/mol. The molecule has 1 aliphatic rings. The van der Waals surface area contributed by atoms with Gasteiger partial charge in [-0.1, -0.05) is 6.07 Å². The van der Waals surface area contributed by atoms with Gasteiger partial charge in [0.1, 0.15) is 5.82 Å². The van der Waals surface area contributed by atoms with Crippen molar-refractivity contribution in [2.75, 3.05) is 5.32 Å². The fraction of sp³-hybridized carbons (Fsp3) is 0.188. The summed E-state index contributed by atoms with van der Waals surface area (Å²) in [5, 5.41) is 2.43. The summed E-state index contributed by atoms with van der Waals surface area (Å²) >= 11 is 0. The third-order valence-corrected chi connectivity index (χ3v) is 3.66. The molecule has 2 aromatic carbocycles. The average molecular weight is 306 g/mol. The van der Waals surface area contributed by atoms with Crippen LogP contribution in [0.4, 0.5) is 24.5 Å². The van der Waals surface area contributed by atoms with Gasteiger partial charge in [-0.2, -0.15) is 0 Å². The lowest BCUT2D eigenvalue weighted by Gasteiger charge is -2.13. The van der Waals surface area contributed by atoms with E-state index in [1.165, 1.54) is 12.1 Å². The van der Waals surface area contributed by atoms with Crippen LogP contribution < -0.4 is 11.1 Å². The van der Waals surface area contributed by atoms with Crippen molar-refractivity contribution >= 4 is 17.3 Å². The molecule has 1 amide bonds. The lowest BCUT2D eigenvalue weighted by molar-refractivity contribution is 0.100. The fourth-order valence-electron chi connectivity index (χ4n) is 2.32. The van der Waals surface area contributed by atoms with Gasteiger partial charge in [-0.3, -0.25) is 4.79 Å². The number of carbonyl (C=O) groups excluding carboxylic acids is 1. The summed E-state index contributed by atoms with van der Waals surface area (Å²) in [6.45, 7) is 0. The largest absolute Gasteiger partial charge is 0.366 e. The minimum atomic E-state index is -1.28. The topological polar surface area (TPSA) is 55.1 Å². The Labute approximate surface area is 124 Å². The number of hydrogen-bond acceptors (Lipinski definition) is 2. The van der Waals surface area contributed by atoms with Crippen molar-refractivity contribution in [2.24, 2.45) is 5.73 Å². The number of halogens is 3. The van der Waals surface area contributed by atoms with Crippen LogP contribution in [0.2, 0.25) is 0 Å². The molecule has 0 unspecified atom stereocenters. The molecule has 0 atom stereocenters. The van der Waals surface area contributed by atoms with Crippen molar-refractivity contribution in [3.63, 3.8) is 0 Å². The number of primary amides is 1. The Hall–Kier alpha value is -2.50. The first-order valence-electron chi connectivity index (χ1n) is 6.81. The molecule has 22 heavy (non-hydrogen) atoms. The zero-order valence-corrected chi connectivity index (χ0v) is 11.5. The van der Waals surface area contributed by atoms with E-state index in [9.17, 15) is 18.0 Å². The van der Waals surface area contributed by atoms with Gasteiger partial charge in [0.05, 0.1) is 16.9 Å². The highest BCUT2D eigenvalue weighted by Crippen LogP contribution is 2.41. The van der Waals surface area contributed by atoms with Crippen molar-refractivity contribution in [1.29, 1.82) is 0 Å². The summed E-state index contributed by atoms with van der Waals surface area (Å²) < 4.78 is 41.3. The lowest BCUT2D eigenvalue weighted by Crippen LogP contribution is -2.15. The van der Waals surface area contributed by atoms with Gasteiger partial charge >= 0.3 is 0 Å². The third-order valence-electron chi connectivity index (χ3n) is 3.66. The number of nitrogens with one attached hydrogen (secondary N) is 1. The zero-order valence-electron chi connectivity index (χ0n) is 11.5. The van der Waals surface area contributed by atoms with Crippen LogP contribution in [0.3, 0.4) is 0 Å². The van der Waals surface area contributed by atoms with Gasteiger partial charge in [0.15, 0.2) is 11.6 Å². The molecular formula is C16H13F3N2O. The molecule has 0 radical (unpaired) electrons. The second kappa shape index (κ2) is 5.36. The molecule has 1 saturated carbocycles. The molecular weight excluding hydrogens is 293 g/mol. The number of nitrogens with two attached hydrogens (primary N) is 1. The Balaban J connectivity index is 1.99. The molecule has 114 valence electrons.